The number of rotatable bonds is 24. The van der Waals surface area contributed by atoms with Crippen LogP contribution in [0.4, 0.5) is 15.3 Å². The predicted octanol–water partition coefficient (Wildman–Crippen LogP) is 5.24. The summed E-state index contributed by atoms with van der Waals surface area (Å²) in [6.07, 6.45) is 10.6. The van der Waals surface area contributed by atoms with Crippen molar-refractivity contribution >= 4 is 58.8 Å². The van der Waals surface area contributed by atoms with Gasteiger partial charge in [-0.25, -0.2) is 9.59 Å². The second kappa shape index (κ2) is 23.7. The number of aliphatic hydroxyl groups excluding tert-OH is 1. The largest absolute Gasteiger partial charge is 0.441 e. The van der Waals surface area contributed by atoms with Crippen LogP contribution in [0.3, 0.4) is 0 Å². The lowest BCUT2D eigenvalue weighted by Gasteiger charge is -2.59. The molecule has 4 aliphatic carbocycles. The molecule has 2 heterocycles. The monoisotopic (exact) mass is 1030 g/mol. The molecule has 7 rings (SSSR count). The number of aliphatic hydroxyl groups is 1. The Labute approximate surface area is 432 Å². The zero-order valence-corrected chi connectivity index (χ0v) is 43.3. The van der Waals surface area contributed by atoms with Crippen molar-refractivity contribution in [2.45, 2.75) is 155 Å². The summed E-state index contributed by atoms with van der Waals surface area (Å²) in [5.41, 5.74) is 4.59. The van der Waals surface area contributed by atoms with Gasteiger partial charge in [-0.05, 0) is 105 Å². The first-order valence-corrected chi connectivity index (χ1v) is 26.4. The lowest BCUT2D eigenvalue weighted by atomic mass is 9.46. The van der Waals surface area contributed by atoms with E-state index in [0.29, 0.717) is 56.2 Å². The summed E-state index contributed by atoms with van der Waals surface area (Å²) >= 11 is 0. The van der Waals surface area contributed by atoms with E-state index in [2.05, 4.69) is 28.2 Å². The van der Waals surface area contributed by atoms with Crippen molar-refractivity contribution in [3.8, 4) is 0 Å². The zero-order chi connectivity index (χ0) is 53.5. The number of urea groups is 1. The molecule has 19 nitrogen and oxygen atoms in total. The molecule has 0 radical (unpaired) electrons. The summed E-state index contributed by atoms with van der Waals surface area (Å²) in [4.78, 5) is 117. The highest BCUT2D eigenvalue weighted by atomic mass is 16.7. The molecule has 4 fully saturated rings. The Morgan fingerprint density at radius 1 is 0.959 bits per heavy atom. The highest BCUT2D eigenvalue weighted by Gasteiger charge is 2.76. The number of nitrogens with two attached hydrogens (primary N) is 1. The first-order chi connectivity index (χ1) is 35.2. The molecule has 1 aromatic rings. The van der Waals surface area contributed by atoms with Gasteiger partial charge in [-0.3, -0.25) is 38.5 Å². The van der Waals surface area contributed by atoms with Gasteiger partial charge in [0.2, 0.25) is 17.6 Å². The second-order valence-electron chi connectivity index (χ2n) is 21.7. The number of unbranched alkanes of at least 4 members (excludes halogenated alkanes) is 2. The van der Waals surface area contributed by atoms with Gasteiger partial charge in [0.25, 0.3) is 11.8 Å². The van der Waals surface area contributed by atoms with Crippen LogP contribution in [0.15, 0.2) is 60.2 Å². The van der Waals surface area contributed by atoms with E-state index in [4.69, 9.17) is 19.9 Å². The quantitative estimate of drug-likeness (QED) is 0.0572. The van der Waals surface area contributed by atoms with Crippen LogP contribution < -0.4 is 27.0 Å². The number of ether oxygens (including phenoxy) is 3. The number of hydrogen-bond acceptors (Lipinski definition) is 13. The average Bonchev–Trinajstić information content (AvgIpc) is 3.97. The zero-order valence-electron chi connectivity index (χ0n) is 43.3. The number of carbonyl (C=O) groups excluding carboxylic acids is 9. The molecule has 3 saturated carbocycles. The van der Waals surface area contributed by atoms with Gasteiger partial charge in [-0.15, -0.1) is 0 Å². The lowest BCUT2D eigenvalue weighted by molar-refractivity contribution is -0.200. The number of alkyl carbamates (subject to hydrolysis) is 1. The number of allylic oxidation sites excluding steroid dienone is 4. The Bertz CT molecular complexity index is 2420. The van der Waals surface area contributed by atoms with E-state index in [1.807, 2.05) is 19.9 Å². The summed E-state index contributed by atoms with van der Waals surface area (Å²) in [7, 11) is 0. The maximum Gasteiger partial charge on any atom is 0.407 e. The van der Waals surface area contributed by atoms with Crippen LogP contribution in [0.25, 0.3) is 0 Å². The first kappa shape index (κ1) is 55.7. The Balaban J connectivity index is 0.914. The molecule has 0 aromatic heterocycles. The van der Waals surface area contributed by atoms with Crippen molar-refractivity contribution in [2.24, 2.45) is 46.2 Å². The summed E-state index contributed by atoms with van der Waals surface area (Å²) in [5, 5.41) is 22.9. The van der Waals surface area contributed by atoms with E-state index in [0.717, 1.165) is 23.3 Å². The molecule has 7 N–H and O–H groups in total. The fraction of sp³-hybridized carbons (Fsp3) is 0.618. The number of benzene rings is 1. The summed E-state index contributed by atoms with van der Waals surface area (Å²) in [6.45, 7) is 9.61. The third-order valence-corrected chi connectivity index (χ3v) is 16.6. The number of carbonyl (C=O) groups is 9. The third-order valence-electron chi connectivity index (χ3n) is 16.6. The maximum atomic E-state index is 14.6. The van der Waals surface area contributed by atoms with Gasteiger partial charge in [0.15, 0.2) is 30.1 Å². The minimum atomic E-state index is -1.44. The van der Waals surface area contributed by atoms with Crippen LogP contribution in [-0.4, -0.2) is 113 Å². The van der Waals surface area contributed by atoms with Crippen molar-refractivity contribution in [1.29, 1.82) is 0 Å². The highest BCUT2D eigenvalue weighted by molar-refractivity contribution is 6.12. The van der Waals surface area contributed by atoms with E-state index >= 15 is 0 Å². The van der Waals surface area contributed by atoms with Crippen molar-refractivity contribution < 1.29 is 62.5 Å². The van der Waals surface area contributed by atoms with Crippen LogP contribution in [0.1, 0.15) is 124 Å². The fourth-order valence-corrected chi connectivity index (χ4v) is 12.9. The molecule has 2 aliphatic heterocycles. The van der Waals surface area contributed by atoms with Crippen LogP contribution in [0.2, 0.25) is 0 Å². The van der Waals surface area contributed by atoms with E-state index in [-0.39, 0.29) is 98.3 Å². The van der Waals surface area contributed by atoms with Crippen LogP contribution in [0.5, 0.6) is 0 Å². The first-order valence-electron chi connectivity index (χ1n) is 26.4. The molecule has 1 aromatic carbocycles. The Kier molecular flexibility index (Phi) is 17.8. The number of nitrogens with zero attached hydrogens (tertiary/aromatic N) is 1. The van der Waals surface area contributed by atoms with Crippen molar-refractivity contribution in [1.82, 2.24) is 20.9 Å². The number of amides is 7. The molecular formula is C55H74N6O13. The number of nitrogens with one attached hydrogen (secondary N) is 4. The number of Topliss-reactive ketones (excluding diaryl/α,β-unsaturated/α-hetero) is 2. The normalized spacial score (nSPS) is 29.4. The topological polar surface area (TPSA) is 279 Å². The number of hydrogen-bond donors (Lipinski definition) is 6. The van der Waals surface area contributed by atoms with Crippen molar-refractivity contribution in [3.05, 3.63) is 65.8 Å². The Morgan fingerprint density at radius 3 is 2.38 bits per heavy atom. The predicted molar refractivity (Wildman–Crippen MR) is 270 cm³/mol. The highest BCUT2D eigenvalue weighted by Crippen LogP contribution is 2.69. The van der Waals surface area contributed by atoms with E-state index < -0.39 is 77.3 Å². The average molecular weight is 1030 g/mol. The molecule has 0 spiro atoms. The molecule has 74 heavy (non-hydrogen) atoms. The second-order valence-corrected chi connectivity index (χ2v) is 21.7. The fourth-order valence-electron chi connectivity index (χ4n) is 12.9. The SMILES string of the molecule is CCCC1O[C@@H]2C[C@H]3[C@@H]4CCC5=CC(=O)C=C[C@]5(C)[C@H]4[C@@H](O)C[C@]3(C)[C@]2(C(=O)COC(=O)NCc2ccc(NC(=O)[C@H](CCCNC(N)=O)CC(=O)[C@@H](NC(=O)CCCCCN3C(=O)C=CC3=O)C(C)C)cc2)O1. The van der Waals surface area contributed by atoms with Crippen molar-refractivity contribution in [2.75, 3.05) is 25.0 Å². The molecule has 1 unspecified atom stereocenters. The maximum absolute atomic E-state index is 14.6. The number of primary amides is 1. The molecular weight excluding hydrogens is 953 g/mol. The molecule has 19 heteroatoms. The number of anilines is 1. The summed E-state index contributed by atoms with van der Waals surface area (Å²) < 4.78 is 18.8. The van der Waals surface area contributed by atoms with Gasteiger partial charge < -0.3 is 46.3 Å². The van der Waals surface area contributed by atoms with E-state index in [1.165, 1.54) is 12.2 Å². The van der Waals surface area contributed by atoms with E-state index in [9.17, 15) is 48.3 Å². The Hall–Kier alpha value is -6.05. The molecule has 402 valence electrons. The van der Waals surface area contributed by atoms with Gasteiger partial charge in [0.1, 0.15) is 0 Å². The number of fused-ring (bicyclic) bond motifs is 7. The minimum absolute atomic E-state index is 0.0299. The van der Waals surface area contributed by atoms with Gasteiger partial charge in [-0.1, -0.05) is 71.2 Å². The van der Waals surface area contributed by atoms with Gasteiger partial charge in [-0.2, -0.15) is 0 Å². The molecule has 0 bridgehead atoms. The number of ketones is 3. The minimum Gasteiger partial charge on any atom is -0.441 e. The smallest absolute Gasteiger partial charge is 0.407 e. The summed E-state index contributed by atoms with van der Waals surface area (Å²) in [6, 6.07) is 5.09. The van der Waals surface area contributed by atoms with Crippen LogP contribution in [-0.2, 0) is 54.3 Å². The van der Waals surface area contributed by atoms with Gasteiger partial charge >= 0.3 is 12.1 Å². The van der Waals surface area contributed by atoms with Gasteiger partial charge in [0.05, 0.1) is 18.2 Å². The van der Waals surface area contributed by atoms with Gasteiger partial charge in [0, 0.05) is 73.0 Å². The molecule has 7 amide bonds. The molecule has 1 saturated heterocycles. The third kappa shape index (κ3) is 11.9. The van der Waals surface area contributed by atoms with Crippen LogP contribution >= 0.6 is 0 Å². The van der Waals surface area contributed by atoms with Crippen LogP contribution in [0, 0.1) is 40.4 Å². The summed E-state index contributed by atoms with van der Waals surface area (Å²) in [5.74, 6) is -3.54. The lowest BCUT2D eigenvalue weighted by Crippen LogP contribution is -2.63. The molecule has 6 aliphatic rings. The van der Waals surface area contributed by atoms with E-state index in [1.54, 1.807) is 50.3 Å². The molecule has 11 atom stereocenters. The van der Waals surface area contributed by atoms with Crippen molar-refractivity contribution in [3.63, 3.8) is 0 Å². The standard InChI is InChI=1S/C55H74N6O13/c1-6-11-47-73-43-28-39-38-19-16-35-27-37(62)22-23-53(35,4)48(38)41(64)29-54(39,5)55(43,74-47)42(65)31-72-52(71)58-30-33-14-17-36(18-15-33)59-50(69)34(12-10-24-57-51(56)70)26-40(63)49(32(2)3)60-44(66)13-8-7-9-25-61-45(67)20-21-46(61)68/h14-15,17-18,20-23,27,32,34,38-39,41,43,47-49,64H,6-13,16,19,24-26,28-31H2,1-5H3,(H,58,71)(H,59,69)(H,60,66)(H3,56,57,70)/t34-,38+,39+,41+,43-,47?,48-,49+,53+,54+,55-/m1/s1. The Morgan fingerprint density at radius 2 is 1.69 bits per heavy atom. The number of imide groups is 1.